The first-order chi connectivity index (χ1) is 10.4. The van der Waals surface area contributed by atoms with Gasteiger partial charge < -0.3 is 14.7 Å². The average molecular weight is 311 g/mol. The maximum Gasteiger partial charge on any atom is 0.344 e. The Hall–Kier alpha value is -2.68. The second-order valence-electron chi connectivity index (χ2n) is 4.36. The molecule has 0 radical (unpaired) electrons. The van der Waals surface area contributed by atoms with Crippen molar-refractivity contribution in [2.45, 2.75) is 26.8 Å². The van der Waals surface area contributed by atoms with Crippen molar-refractivity contribution < 1.29 is 28.9 Å². The molecule has 9 nitrogen and oxygen atoms in total. The second kappa shape index (κ2) is 8.57. The zero-order chi connectivity index (χ0) is 16.5. The number of hydrogen-bond donors (Lipinski definition) is 1. The Kier molecular flexibility index (Phi) is 6.77. The number of para-hydroxylation sites is 1. The van der Waals surface area contributed by atoms with E-state index in [9.17, 15) is 14.8 Å². The van der Waals surface area contributed by atoms with E-state index in [0.717, 1.165) is 0 Å². The highest BCUT2D eigenvalue weighted by Crippen LogP contribution is 2.19. The van der Waals surface area contributed by atoms with E-state index in [4.69, 9.17) is 9.47 Å². The minimum absolute atomic E-state index is 0.0622. The Labute approximate surface area is 127 Å². The third kappa shape index (κ3) is 6.18. The molecule has 0 heterocycles. The van der Waals surface area contributed by atoms with Gasteiger partial charge in [-0.2, -0.15) is 4.84 Å². The van der Waals surface area contributed by atoms with E-state index in [-0.39, 0.29) is 22.3 Å². The van der Waals surface area contributed by atoms with Crippen molar-refractivity contribution >= 4 is 11.9 Å². The van der Waals surface area contributed by atoms with Crippen molar-refractivity contribution in [1.29, 1.82) is 0 Å². The lowest BCUT2D eigenvalue weighted by Gasteiger charge is -2.08. The van der Waals surface area contributed by atoms with E-state index in [0.29, 0.717) is 0 Å². The maximum atomic E-state index is 11.8. The molecule has 0 aliphatic carbocycles. The quantitative estimate of drug-likeness (QED) is 0.154. The summed E-state index contributed by atoms with van der Waals surface area (Å²) in [6.45, 7) is 4.10. The van der Waals surface area contributed by atoms with Gasteiger partial charge in [0.1, 0.15) is 17.4 Å². The van der Waals surface area contributed by atoms with E-state index < -0.39 is 18.7 Å². The summed E-state index contributed by atoms with van der Waals surface area (Å²) < 4.78 is 9.67. The van der Waals surface area contributed by atoms with Gasteiger partial charge in [0.25, 0.3) is 0 Å². The molecule has 0 saturated carbocycles. The fourth-order valence-electron chi connectivity index (χ4n) is 1.35. The number of nitrogens with zero attached hydrogens (tertiary/aromatic N) is 2. The summed E-state index contributed by atoms with van der Waals surface area (Å²) >= 11 is 0. The van der Waals surface area contributed by atoms with Crippen molar-refractivity contribution in [3.63, 3.8) is 0 Å². The topological polar surface area (TPSA) is 112 Å². The van der Waals surface area contributed by atoms with Gasteiger partial charge in [0, 0.05) is 12.0 Å². The van der Waals surface area contributed by atoms with Crippen molar-refractivity contribution in [2.75, 3.05) is 6.79 Å². The predicted molar refractivity (Wildman–Crippen MR) is 73.4 cm³/mol. The molecule has 0 aliphatic heterocycles. The molecule has 1 rings (SSSR count). The lowest BCUT2D eigenvalue weighted by atomic mass is 10.2. The highest BCUT2D eigenvalue weighted by Gasteiger charge is 2.15. The number of hydrogen-bond acceptors (Lipinski definition) is 7. The summed E-state index contributed by atoms with van der Waals surface area (Å²) in [5.74, 6) is -1.25. The number of carbonyl (C=O) groups excluding carboxylic acids is 2. The van der Waals surface area contributed by atoms with Crippen LogP contribution >= 0.6 is 0 Å². The van der Waals surface area contributed by atoms with E-state index >= 15 is 0 Å². The number of nitrogens with one attached hydrogen (secondary N) is 1. The summed E-state index contributed by atoms with van der Waals surface area (Å²) in [6, 6.07) is 5.87. The second-order valence-corrected chi connectivity index (χ2v) is 4.36. The molecule has 22 heavy (non-hydrogen) atoms. The van der Waals surface area contributed by atoms with Gasteiger partial charge in [-0.1, -0.05) is 12.1 Å². The molecule has 0 saturated heterocycles. The van der Waals surface area contributed by atoms with Crippen molar-refractivity contribution in [3.8, 4) is 5.75 Å². The van der Waals surface area contributed by atoms with E-state index in [1.54, 1.807) is 26.0 Å². The molecule has 0 atom stereocenters. The molecule has 0 fully saturated rings. The number of hydrazine groups is 1. The molecule has 1 aromatic rings. The molecular formula is C13H17N3O6. The van der Waals surface area contributed by atoms with Gasteiger partial charge in [0.2, 0.25) is 6.79 Å². The molecule has 0 aliphatic rings. The fraction of sp³-hybridized carbons (Fsp3) is 0.385. The van der Waals surface area contributed by atoms with Crippen LogP contribution in [0.5, 0.6) is 5.75 Å². The van der Waals surface area contributed by atoms with Crippen LogP contribution < -0.4 is 10.3 Å². The molecule has 1 aromatic carbocycles. The third-order valence-electron chi connectivity index (χ3n) is 2.09. The Morgan fingerprint density at radius 3 is 2.68 bits per heavy atom. The predicted octanol–water partition coefficient (Wildman–Crippen LogP) is 1.53. The smallest absolute Gasteiger partial charge is 0.344 e. The highest BCUT2D eigenvalue weighted by atomic mass is 16.8. The average Bonchev–Trinajstić information content (AvgIpc) is 2.42. The zero-order valence-corrected chi connectivity index (χ0v) is 12.4. The number of ether oxygens (including phenoxy) is 2. The molecule has 9 heteroatoms. The third-order valence-corrected chi connectivity index (χ3v) is 2.09. The first kappa shape index (κ1) is 17.4. The summed E-state index contributed by atoms with van der Waals surface area (Å²) in [4.78, 5) is 27.5. The van der Waals surface area contributed by atoms with E-state index in [1.165, 1.54) is 19.1 Å². The van der Waals surface area contributed by atoms with Gasteiger partial charge in [0.05, 0.1) is 4.97 Å². The molecular weight excluding hydrogens is 294 g/mol. The first-order valence-corrected chi connectivity index (χ1v) is 6.40. The molecule has 0 amide bonds. The fourth-order valence-corrected chi connectivity index (χ4v) is 1.35. The summed E-state index contributed by atoms with van der Waals surface area (Å²) in [7, 11) is 0. The standard InChI is InChI=1S/C13H17N3O6/c1-9(2)14-16(19)15-21-8-20-13(18)11-6-4-5-7-12(11)22-10(3)17/h4-7,9H,8H2,1-3H3,(H,14,15). The van der Waals surface area contributed by atoms with Crippen LogP contribution in [-0.4, -0.2) is 29.7 Å². The van der Waals surface area contributed by atoms with Gasteiger partial charge >= 0.3 is 11.9 Å². The van der Waals surface area contributed by atoms with Crippen molar-refractivity contribution in [1.82, 2.24) is 5.59 Å². The van der Waals surface area contributed by atoms with E-state index in [1.807, 2.05) is 5.59 Å². The monoisotopic (exact) mass is 311 g/mol. The van der Waals surface area contributed by atoms with Gasteiger partial charge in [-0.05, 0) is 31.6 Å². The van der Waals surface area contributed by atoms with Crippen LogP contribution in [0.15, 0.2) is 29.4 Å². The molecule has 1 N–H and O–H groups in total. The van der Waals surface area contributed by atoms with Crippen molar-refractivity contribution in [3.05, 3.63) is 35.0 Å². The van der Waals surface area contributed by atoms with Gasteiger partial charge in [0.15, 0.2) is 0 Å². The Morgan fingerprint density at radius 1 is 1.36 bits per heavy atom. The first-order valence-electron chi connectivity index (χ1n) is 6.40. The largest absolute Gasteiger partial charge is 0.570 e. The summed E-state index contributed by atoms with van der Waals surface area (Å²) in [5, 5.41) is 14.6. The molecule has 0 unspecified atom stereocenters. The lowest BCUT2D eigenvalue weighted by Crippen LogP contribution is -2.26. The number of carbonyl (C=O) groups is 2. The molecule has 0 aromatic heterocycles. The highest BCUT2D eigenvalue weighted by molar-refractivity contribution is 5.93. The lowest BCUT2D eigenvalue weighted by molar-refractivity contribution is -0.650. The molecule has 0 spiro atoms. The number of esters is 2. The van der Waals surface area contributed by atoms with Crippen LogP contribution in [0.3, 0.4) is 0 Å². The maximum absolute atomic E-state index is 11.8. The van der Waals surface area contributed by atoms with Crippen LogP contribution in [-0.2, 0) is 14.4 Å². The Bertz CT molecular complexity index is 558. The number of rotatable bonds is 7. The zero-order valence-electron chi connectivity index (χ0n) is 12.4. The van der Waals surface area contributed by atoms with Crippen LogP contribution in [0.1, 0.15) is 31.1 Å². The normalized spacial score (nSPS) is 11.2. The minimum Gasteiger partial charge on any atom is -0.570 e. The van der Waals surface area contributed by atoms with Gasteiger partial charge in [-0.15, -0.1) is 0 Å². The SMILES string of the molecule is CC(=O)Oc1ccccc1C(=O)OCON[N+]([O-])=NC(C)C. The van der Waals surface area contributed by atoms with Crippen molar-refractivity contribution in [2.24, 2.45) is 5.11 Å². The van der Waals surface area contributed by atoms with Crippen LogP contribution in [0, 0.1) is 5.21 Å². The molecule has 120 valence electrons. The van der Waals surface area contributed by atoms with Crippen LogP contribution in [0.4, 0.5) is 0 Å². The Morgan fingerprint density at radius 2 is 2.05 bits per heavy atom. The van der Waals surface area contributed by atoms with Gasteiger partial charge in [-0.3, -0.25) is 4.79 Å². The minimum atomic E-state index is -0.767. The van der Waals surface area contributed by atoms with Gasteiger partial charge in [-0.25, -0.2) is 4.79 Å². The molecule has 0 bridgehead atoms. The van der Waals surface area contributed by atoms with E-state index in [2.05, 4.69) is 9.95 Å². The number of benzene rings is 1. The van der Waals surface area contributed by atoms with Crippen LogP contribution in [0.2, 0.25) is 0 Å². The summed E-state index contributed by atoms with van der Waals surface area (Å²) in [6.07, 6.45) is 0. The van der Waals surface area contributed by atoms with Crippen LogP contribution in [0.25, 0.3) is 0 Å². The Balaban J connectivity index is 2.51. The summed E-state index contributed by atoms with van der Waals surface area (Å²) in [5.41, 5.74) is 1.98.